The molecule has 0 bridgehead atoms. The minimum atomic E-state index is -0.542. The number of benzene rings is 2. The molecule has 1 fully saturated rings. The standard InChI is InChI=1S/C21H21ClN2O/c22-15-10-8-14(9-11-15)20-13-17(16-5-1-2-6-18(16)24-20)21(25)19-7-3-4-12-23-19/h1-2,5-6,8-11,13,19,21,23,25H,3-4,7,12H2/t19-,21-/m1/s1. The smallest absolute Gasteiger partial charge is 0.0950 e. The third kappa shape index (κ3) is 3.40. The van der Waals surface area contributed by atoms with Crippen LogP contribution in [-0.2, 0) is 0 Å². The summed E-state index contributed by atoms with van der Waals surface area (Å²) in [6.07, 6.45) is 2.78. The van der Waals surface area contributed by atoms with Gasteiger partial charge in [-0.25, -0.2) is 4.98 Å². The molecule has 0 aliphatic carbocycles. The molecule has 2 heterocycles. The highest BCUT2D eigenvalue weighted by atomic mass is 35.5. The van der Waals surface area contributed by atoms with E-state index < -0.39 is 6.10 Å². The largest absolute Gasteiger partial charge is 0.387 e. The number of halogens is 1. The second-order valence-corrected chi connectivity index (χ2v) is 7.06. The van der Waals surface area contributed by atoms with Gasteiger partial charge in [-0.15, -0.1) is 0 Å². The predicted molar refractivity (Wildman–Crippen MR) is 103 cm³/mol. The Morgan fingerprint density at radius 3 is 2.64 bits per heavy atom. The van der Waals surface area contributed by atoms with E-state index in [4.69, 9.17) is 16.6 Å². The van der Waals surface area contributed by atoms with E-state index in [0.717, 1.165) is 47.1 Å². The fourth-order valence-corrected chi connectivity index (χ4v) is 3.71. The topological polar surface area (TPSA) is 45.2 Å². The molecule has 0 spiro atoms. The van der Waals surface area contributed by atoms with Crippen molar-refractivity contribution in [2.75, 3.05) is 6.54 Å². The average molecular weight is 353 g/mol. The molecule has 2 atom stereocenters. The SMILES string of the molecule is O[C@H](c1cc(-c2ccc(Cl)cc2)nc2ccccc12)[C@H]1CCCCN1. The number of nitrogens with one attached hydrogen (secondary N) is 1. The number of hydrogen-bond donors (Lipinski definition) is 2. The summed E-state index contributed by atoms with van der Waals surface area (Å²) in [7, 11) is 0. The maximum absolute atomic E-state index is 11.0. The Labute approximate surface area is 152 Å². The Morgan fingerprint density at radius 2 is 1.88 bits per heavy atom. The highest BCUT2D eigenvalue weighted by Crippen LogP contribution is 2.32. The molecule has 3 nitrogen and oxygen atoms in total. The highest BCUT2D eigenvalue weighted by Gasteiger charge is 2.25. The molecule has 0 radical (unpaired) electrons. The van der Waals surface area contributed by atoms with Gasteiger partial charge < -0.3 is 10.4 Å². The van der Waals surface area contributed by atoms with E-state index in [-0.39, 0.29) is 6.04 Å². The van der Waals surface area contributed by atoms with Crippen molar-refractivity contribution in [3.05, 3.63) is 65.2 Å². The van der Waals surface area contributed by atoms with Crippen LogP contribution in [0.2, 0.25) is 5.02 Å². The van der Waals surface area contributed by atoms with Gasteiger partial charge in [0.2, 0.25) is 0 Å². The van der Waals surface area contributed by atoms with Crippen molar-refractivity contribution in [1.82, 2.24) is 10.3 Å². The normalized spacial score (nSPS) is 19.0. The molecule has 2 aromatic carbocycles. The second-order valence-electron chi connectivity index (χ2n) is 6.62. The molecule has 4 rings (SSSR count). The molecule has 0 unspecified atom stereocenters. The van der Waals surface area contributed by atoms with Gasteiger partial charge in [0.25, 0.3) is 0 Å². The molecular formula is C21H21ClN2O. The Balaban J connectivity index is 1.82. The van der Waals surface area contributed by atoms with E-state index in [0.29, 0.717) is 5.02 Å². The van der Waals surface area contributed by atoms with E-state index in [9.17, 15) is 5.11 Å². The van der Waals surface area contributed by atoms with Gasteiger partial charge in [-0.2, -0.15) is 0 Å². The van der Waals surface area contributed by atoms with Crippen LogP contribution in [0.25, 0.3) is 22.2 Å². The van der Waals surface area contributed by atoms with Crippen LogP contribution in [0.5, 0.6) is 0 Å². The van der Waals surface area contributed by atoms with Crippen LogP contribution in [0.3, 0.4) is 0 Å². The van der Waals surface area contributed by atoms with Crippen LogP contribution in [-0.4, -0.2) is 22.7 Å². The lowest BCUT2D eigenvalue weighted by molar-refractivity contribution is 0.115. The number of para-hydroxylation sites is 1. The van der Waals surface area contributed by atoms with Gasteiger partial charge in [0.1, 0.15) is 0 Å². The van der Waals surface area contributed by atoms with Gasteiger partial charge in [0.15, 0.2) is 0 Å². The molecule has 1 aromatic heterocycles. The monoisotopic (exact) mass is 352 g/mol. The first-order valence-corrected chi connectivity index (χ1v) is 9.17. The number of nitrogens with zero attached hydrogens (tertiary/aromatic N) is 1. The fraction of sp³-hybridized carbons (Fsp3) is 0.286. The van der Waals surface area contributed by atoms with Crippen LogP contribution in [0.4, 0.5) is 0 Å². The summed E-state index contributed by atoms with van der Waals surface area (Å²) in [5.74, 6) is 0. The van der Waals surface area contributed by atoms with Gasteiger partial charge >= 0.3 is 0 Å². The van der Waals surface area contributed by atoms with Gasteiger partial charge in [0, 0.05) is 22.0 Å². The molecule has 1 aliphatic rings. The summed E-state index contributed by atoms with van der Waals surface area (Å²) in [5, 5.41) is 16.2. The van der Waals surface area contributed by atoms with Crippen molar-refractivity contribution in [1.29, 1.82) is 0 Å². The van der Waals surface area contributed by atoms with Crippen LogP contribution in [0, 0.1) is 0 Å². The molecule has 0 saturated carbocycles. The van der Waals surface area contributed by atoms with Crippen molar-refractivity contribution in [3.8, 4) is 11.3 Å². The minimum Gasteiger partial charge on any atom is -0.387 e. The highest BCUT2D eigenvalue weighted by molar-refractivity contribution is 6.30. The number of aliphatic hydroxyl groups is 1. The van der Waals surface area contributed by atoms with Crippen LogP contribution >= 0.6 is 11.6 Å². The number of fused-ring (bicyclic) bond motifs is 1. The van der Waals surface area contributed by atoms with Crippen LogP contribution < -0.4 is 5.32 Å². The number of hydrogen-bond acceptors (Lipinski definition) is 3. The number of aromatic nitrogens is 1. The van der Waals surface area contributed by atoms with Gasteiger partial charge in [-0.3, -0.25) is 0 Å². The number of piperidine rings is 1. The van der Waals surface area contributed by atoms with Gasteiger partial charge in [-0.1, -0.05) is 48.4 Å². The molecule has 3 aromatic rings. The Kier molecular flexibility index (Phi) is 4.71. The first-order valence-electron chi connectivity index (χ1n) is 8.79. The zero-order valence-corrected chi connectivity index (χ0v) is 14.7. The van der Waals surface area contributed by atoms with Crippen molar-refractivity contribution < 1.29 is 5.11 Å². The number of rotatable bonds is 3. The third-order valence-corrected chi connectivity index (χ3v) is 5.19. The van der Waals surface area contributed by atoms with Crippen LogP contribution in [0.15, 0.2) is 54.6 Å². The zero-order valence-electron chi connectivity index (χ0n) is 14.0. The Morgan fingerprint density at radius 1 is 1.08 bits per heavy atom. The maximum atomic E-state index is 11.0. The lowest BCUT2D eigenvalue weighted by Gasteiger charge is -2.29. The first-order chi connectivity index (χ1) is 12.2. The number of pyridine rings is 1. The third-order valence-electron chi connectivity index (χ3n) is 4.94. The zero-order chi connectivity index (χ0) is 17.2. The van der Waals surface area contributed by atoms with E-state index in [2.05, 4.69) is 5.32 Å². The van der Waals surface area contributed by atoms with Crippen molar-refractivity contribution >= 4 is 22.5 Å². The van der Waals surface area contributed by atoms with E-state index in [1.165, 1.54) is 6.42 Å². The van der Waals surface area contributed by atoms with E-state index in [1.807, 2.05) is 54.6 Å². The summed E-state index contributed by atoms with van der Waals surface area (Å²) < 4.78 is 0. The molecule has 0 amide bonds. The van der Waals surface area contributed by atoms with Crippen LogP contribution in [0.1, 0.15) is 30.9 Å². The summed E-state index contributed by atoms with van der Waals surface area (Å²) in [5.41, 5.74) is 3.70. The van der Waals surface area contributed by atoms with E-state index >= 15 is 0 Å². The second kappa shape index (κ2) is 7.12. The van der Waals surface area contributed by atoms with Crippen molar-refractivity contribution in [3.63, 3.8) is 0 Å². The molecule has 1 saturated heterocycles. The summed E-state index contributed by atoms with van der Waals surface area (Å²) in [6, 6.07) is 17.8. The van der Waals surface area contributed by atoms with E-state index in [1.54, 1.807) is 0 Å². The molecule has 4 heteroatoms. The number of aliphatic hydroxyl groups excluding tert-OH is 1. The maximum Gasteiger partial charge on any atom is 0.0950 e. The first kappa shape index (κ1) is 16.5. The average Bonchev–Trinajstić information content (AvgIpc) is 2.68. The van der Waals surface area contributed by atoms with Crippen molar-refractivity contribution in [2.24, 2.45) is 0 Å². The van der Waals surface area contributed by atoms with Crippen molar-refractivity contribution in [2.45, 2.75) is 31.4 Å². The fourth-order valence-electron chi connectivity index (χ4n) is 3.58. The molecule has 128 valence electrons. The Bertz CT molecular complexity index is 873. The Hall–Kier alpha value is -1.94. The molecular weight excluding hydrogens is 332 g/mol. The van der Waals surface area contributed by atoms with Gasteiger partial charge in [0.05, 0.1) is 17.3 Å². The molecule has 2 N–H and O–H groups in total. The molecule has 25 heavy (non-hydrogen) atoms. The lowest BCUT2D eigenvalue weighted by Crippen LogP contribution is -2.38. The van der Waals surface area contributed by atoms with Gasteiger partial charge in [-0.05, 0) is 49.2 Å². The molecule has 1 aliphatic heterocycles. The predicted octanol–water partition coefficient (Wildman–Crippen LogP) is 4.73. The summed E-state index contributed by atoms with van der Waals surface area (Å²) in [6.45, 7) is 0.967. The minimum absolute atomic E-state index is 0.0950. The summed E-state index contributed by atoms with van der Waals surface area (Å²) in [4.78, 5) is 4.79. The summed E-state index contributed by atoms with van der Waals surface area (Å²) >= 11 is 6.01. The lowest BCUT2D eigenvalue weighted by atomic mass is 9.92. The quantitative estimate of drug-likeness (QED) is 0.716.